The summed E-state index contributed by atoms with van der Waals surface area (Å²) in [6, 6.07) is 0. The molecule has 0 rings (SSSR count). The summed E-state index contributed by atoms with van der Waals surface area (Å²) in [4.78, 5) is 0. The molecule has 0 atom stereocenters. The Hall–Kier alpha value is -0.310. The monoisotopic (exact) mass is 130 g/mol. The van der Waals surface area contributed by atoms with Crippen LogP contribution in [0.5, 0.6) is 0 Å². The van der Waals surface area contributed by atoms with E-state index in [-0.39, 0.29) is 0 Å². The molecule has 2 nitrogen and oxygen atoms in total. The fourth-order valence-electron chi connectivity index (χ4n) is 0.223. The molecule has 0 saturated carbocycles. The van der Waals surface area contributed by atoms with Gasteiger partial charge in [-0.05, 0) is 11.3 Å². The molecule has 3 heteroatoms. The van der Waals surface area contributed by atoms with E-state index >= 15 is 0 Å². The van der Waals surface area contributed by atoms with Gasteiger partial charge in [0.15, 0.2) is 0 Å². The Balaban J connectivity index is 3.19. The molecular weight excluding hydrogens is 120 g/mol. The van der Waals surface area contributed by atoms with E-state index < -0.39 is 0 Å². The first-order valence-corrected chi connectivity index (χ1v) is 3.30. The third kappa shape index (κ3) is 5.69. The van der Waals surface area contributed by atoms with E-state index in [4.69, 9.17) is 5.53 Å². The fraction of sp³-hybridized carbons (Fsp3) is 0.600. The Morgan fingerprint density at radius 3 is 2.62 bits per heavy atom. The number of nitrogens with one attached hydrogen (secondary N) is 1. The molecule has 0 aliphatic carbocycles. The topological polar surface area (TPSA) is 36.2 Å². The minimum absolute atomic E-state index is 0.559. The summed E-state index contributed by atoms with van der Waals surface area (Å²) in [5.41, 5.74) is 6.38. The Kier molecular flexibility index (Phi) is 4.65. The van der Waals surface area contributed by atoms with Crippen molar-refractivity contribution < 1.29 is 0 Å². The third-order valence-electron chi connectivity index (χ3n) is 0.577. The smallest absolute Gasteiger partial charge is 0.0252 e. The molecule has 0 heterocycles. The summed E-state index contributed by atoms with van der Waals surface area (Å²) in [5, 5.41) is 1.82. The normalized spacial score (nSPS) is 10.9. The van der Waals surface area contributed by atoms with Crippen molar-refractivity contribution in [3.63, 3.8) is 0 Å². The first-order valence-electron chi connectivity index (χ1n) is 2.46. The van der Waals surface area contributed by atoms with E-state index in [1.54, 1.807) is 0 Å². The summed E-state index contributed by atoms with van der Waals surface area (Å²) < 4.78 is 3.09. The van der Waals surface area contributed by atoms with Gasteiger partial charge in [-0.15, -0.1) is 4.52 Å². The van der Waals surface area contributed by atoms with Crippen LogP contribution in [0, 0.1) is 11.4 Å². The van der Waals surface area contributed by atoms with Crippen LogP contribution in [0.25, 0.3) is 0 Å². The molecule has 0 radical (unpaired) electrons. The van der Waals surface area contributed by atoms with Gasteiger partial charge in [-0.1, -0.05) is 19.9 Å². The van der Waals surface area contributed by atoms with Gasteiger partial charge in [0.2, 0.25) is 0 Å². The zero-order valence-corrected chi connectivity index (χ0v) is 5.90. The largest absolute Gasteiger partial charge is 0.197 e. The Morgan fingerprint density at radius 1 is 1.62 bits per heavy atom. The lowest BCUT2D eigenvalue weighted by molar-refractivity contribution is 0.833. The molecule has 0 fully saturated rings. The third-order valence-corrected chi connectivity index (χ3v) is 0.961. The molecule has 0 aliphatic rings. The van der Waals surface area contributed by atoms with Gasteiger partial charge in [0.05, 0.1) is 0 Å². The maximum Gasteiger partial charge on any atom is 0.0252 e. The van der Waals surface area contributed by atoms with E-state index in [2.05, 4.69) is 18.4 Å². The first-order chi connectivity index (χ1) is 3.77. The summed E-state index contributed by atoms with van der Waals surface area (Å²) >= 11 is 1.15. The molecule has 0 saturated heterocycles. The number of hydrogen-bond donors (Lipinski definition) is 1. The fourth-order valence-corrected chi connectivity index (χ4v) is 0.668. The van der Waals surface area contributed by atoms with Gasteiger partial charge in [0.1, 0.15) is 0 Å². The Labute approximate surface area is 54.0 Å². The van der Waals surface area contributed by atoms with Crippen molar-refractivity contribution in [2.24, 2.45) is 10.4 Å². The molecule has 0 aliphatic heterocycles. The van der Waals surface area contributed by atoms with Crippen molar-refractivity contribution in [3.05, 3.63) is 11.5 Å². The molecule has 0 aromatic heterocycles. The van der Waals surface area contributed by atoms with E-state index in [1.807, 2.05) is 11.5 Å². The van der Waals surface area contributed by atoms with Crippen LogP contribution in [-0.4, -0.2) is 0 Å². The van der Waals surface area contributed by atoms with Crippen LogP contribution in [0.1, 0.15) is 13.8 Å². The van der Waals surface area contributed by atoms with Crippen LogP contribution in [0.2, 0.25) is 0 Å². The summed E-state index contributed by atoms with van der Waals surface area (Å²) in [6.07, 6.45) is 2.00. The highest BCUT2D eigenvalue weighted by molar-refractivity contribution is 8.00. The van der Waals surface area contributed by atoms with Gasteiger partial charge in [-0.25, -0.2) is 0 Å². The molecule has 0 aromatic rings. The number of hydrogen-bond acceptors (Lipinski definition) is 3. The molecule has 1 N–H and O–H groups in total. The van der Waals surface area contributed by atoms with Crippen LogP contribution in [0.4, 0.5) is 0 Å². The summed E-state index contributed by atoms with van der Waals surface area (Å²) in [5.74, 6) is 0.559. The van der Waals surface area contributed by atoms with Crippen LogP contribution in [0.3, 0.4) is 0 Å². The molecule has 0 aromatic carbocycles. The van der Waals surface area contributed by atoms with Crippen LogP contribution in [-0.2, 0) is 0 Å². The maximum atomic E-state index is 6.38. The highest BCUT2D eigenvalue weighted by Gasteiger charge is 1.80. The average molecular weight is 130 g/mol. The standard InChI is InChI=1S/C5H10N2S/c1-5(2)3-4-8-7-6/h3-6H,1-2H3/b4-3-,7-6?. The Morgan fingerprint density at radius 2 is 2.25 bits per heavy atom. The van der Waals surface area contributed by atoms with E-state index in [0.717, 1.165) is 11.9 Å². The molecule has 46 valence electrons. The van der Waals surface area contributed by atoms with Crippen molar-refractivity contribution in [2.75, 3.05) is 0 Å². The number of nitrogens with zero attached hydrogens (tertiary/aromatic N) is 1. The van der Waals surface area contributed by atoms with Crippen molar-refractivity contribution in [3.8, 4) is 0 Å². The number of allylic oxidation sites excluding steroid dienone is 1. The average Bonchev–Trinajstić information content (AvgIpc) is 1.66. The first kappa shape index (κ1) is 7.69. The number of rotatable bonds is 3. The van der Waals surface area contributed by atoms with E-state index in [0.29, 0.717) is 5.92 Å². The van der Waals surface area contributed by atoms with Gasteiger partial charge in [-0.2, -0.15) is 5.53 Å². The van der Waals surface area contributed by atoms with Gasteiger partial charge < -0.3 is 0 Å². The molecule has 0 spiro atoms. The highest BCUT2D eigenvalue weighted by atomic mass is 32.2. The van der Waals surface area contributed by atoms with Crippen LogP contribution >= 0.6 is 11.9 Å². The van der Waals surface area contributed by atoms with Crippen molar-refractivity contribution in [1.82, 2.24) is 0 Å². The summed E-state index contributed by atoms with van der Waals surface area (Å²) in [7, 11) is 0. The van der Waals surface area contributed by atoms with Gasteiger partial charge in [-0.3, -0.25) is 0 Å². The molecule has 0 unspecified atom stereocenters. The SMILES string of the molecule is CC(C)/C=C\SN=N. The second-order valence-electron chi connectivity index (χ2n) is 1.77. The summed E-state index contributed by atoms with van der Waals surface area (Å²) in [6.45, 7) is 4.17. The minimum atomic E-state index is 0.559. The maximum absolute atomic E-state index is 6.38. The highest BCUT2D eigenvalue weighted by Crippen LogP contribution is 2.04. The molecule has 0 bridgehead atoms. The predicted octanol–water partition coefficient (Wildman–Crippen LogP) is 2.84. The van der Waals surface area contributed by atoms with Crippen LogP contribution < -0.4 is 0 Å². The second kappa shape index (κ2) is 4.84. The van der Waals surface area contributed by atoms with Crippen molar-refractivity contribution in [2.45, 2.75) is 13.8 Å². The Bertz CT molecular complexity index is 88.4. The lowest BCUT2D eigenvalue weighted by Crippen LogP contribution is -1.73. The minimum Gasteiger partial charge on any atom is -0.197 e. The van der Waals surface area contributed by atoms with E-state index in [9.17, 15) is 0 Å². The quantitative estimate of drug-likeness (QED) is 0.463. The lowest BCUT2D eigenvalue weighted by atomic mass is 10.2. The van der Waals surface area contributed by atoms with Crippen molar-refractivity contribution >= 4 is 11.9 Å². The molecular formula is C5H10N2S. The van der Waals surface area contributed by atoms with E-state index in [1.165, 1.54) is 0 Å². The van der Waals surface area contributed by atoms with Gasteiger partial charge >= 0.3 is 0 Å². The van der Waals surface area contributed by atoms with Gasteiger partial charge in [0.25, 0.3) is 0 Å². The zero-order chi connectivity index (χ0) is 6.41. The second-order valence-corrected chi connectivity index (χ2v) is 2.43. The van der Waals surface area contributed by atoms with Crippen molar-refractivity contribution in [1.29, 1.82) is 5.53 Å². The van der Waals surface area contributed by atoms with Gasteiger partial charge in [0, 0.05) is 11.9 Å². The van der Waals surface area contributed by atoms with Crippen LogP contribution in [0.15, 0.2) is 16.0 Å². The molecule has 0 amide bonds. The molecule has 8 heavy (non-hydrogen) atoms. The zero-order valence-electron chi connectivity index (χ0n) is 5.09. The predicted molar refractivity (Wildman–Crippen MR) is 36.7 cm³/mol. The lowest BCUT2D eigenvalue weighted by Gasteiger charge is -1.88.